The number of benzene rings is 2. The summed E-state index contributed by atoms with van der Waals surface area (Å²) in [5.41, 5.74) is 1.84. The number of hydrogen-bond donors (Lipinski definition) is 1. The van der Waals surface area contributed by atoms with Gasteiger partial charge in [-0.15, -0.1) is 0 Å². The quantitative estimate of drug-likeness (QED) is 0.748. The molecule has 0 saturated heterocycles. The number of hydrogen-bond acceptors (Lipinski definition) is 5. The molecule has 1 heterocycles. The lowest BCUT2D eigenvalue weighted by Gasteiger charge is -2.08. The van der Waals surface area contributed by atoms with E-state index >= 15 is 0 Å². The lowest BCUT2D eigenvalue weighted by molar-refractivity contribution is 0.101. The Balaban J connectivity index is 1.95. The van der Waals surface area contributed by atoms with E-state index in [-0.39, 0.29) is 10.7 Å². The van der Waals surface area contributed by atoms with Crippen LogP contribution in [0.5, 0.6) is 0 Å². The summed E-state index contributed by atoms with van der Waals surface area (Å²) < 4.78 is 32.3. The molecule has 0 fully saturated rings. The van der Waals surface area contributed by atoms with Gasteiger partial charge in [-0.1, -0.05) is 12.1 Å². The van der Waals surface area contributed by atoms with Crippen LogP contribution in [-0.2, 0) is 10.0 Å². The zero-order valence-electron chi connectivity index (χ0n) is 11.6. The van der Waals surface area contributed by atoms with E-state index in [1.165, 1.54) is 31.5 Å². The van der Waals surface area contributed by atoms with E-state index in [4.69, 9.17) is 4.42 Å². The number of carbonyl (C=O) groups excluding carboxylic acids is 1. The smallest absolute Gasteiger partial charge is 0.261 e. The zero-order valence-corrected chi connectivity index (χ0v) is 12.4. The molecule has 0 atom stereocenters. The average molecular weight is 316 g/mol. The van der Waals surface area contributed by atoms with Gasteiger partial charge in [0.15, 0.2) is 17.8 Å². The molecule has 0 radical (unpaired) electrons. The second kappa shape index (κ2) is 5.27. The van der Waals surface area contributed by atoms with Crippen LogP contribution in [-0.4, -0.2) is 19.2 Å². The maximum absolute atomic E-state index is 12.4. The molecule has 0 aliphatic carbocycles. The summed E-state index contributed by atoms with van der Waals surface area (Å²) in [5, 5.41) is 0. The van der Waals surface area contributed by atoms with Gasteiger partial charge in [0.05, 0.1) is 10.6 Å². The summed E-state index contributed by atoms with van der Waals surface area (Å²) in [6.07, 6.45) is 1.29. The van der Waals surface area contributed by atoms with E-state index in [9.17, 15) is 13.2 Å². The Morgan fingerprint density at radius 1 is 1.18 bits per heavy atom. The second-order valence-corrected chi connectivity index (χ2v) is 6.41. The molecule has 0 saturated carbocycles. The average Bonchev–Trinajstić information content (AvgIpc) is 2.94. The first-order chi connectivity index (χ1) is 10.5. The Kier molecular flexibility index (Phi) is 3.42. The second-order valence-electron chi connectivity index (χ2n) is 4.72. The van der Waals surface area contributed by atoms with Crippen LogP contribution >= 0.6 is 0 Å². The molecule has 7 heteroatoms. The van der Waals surface area contributed by atoms with E-state index < -0.39 is 10.0 Å². The van der Waals surface area contributed by atoms with E-state index in [1.807, 2.05) is 0 Å². The lowest BCUT2D eigenvalue weighted by Crippen LogP contribution is -2.13. The standard InChI is InChI=1S/C15H12N2O4S/c1-10(18)11-3-2-4-13(7-11)22(19,20)17-12-5-6-15-14(8-12)16-9-21-15/h2-9,17H,1H3. The van der Waals surface area contributed by atoms with Crippen LogP contribution < -0.4 is 4.72 Å². The molecular formula is C15H12N2O4S. The van der Waals surface area contributed by atoms with Crippen LogP contribution in [0.3, 0.4) is 0 Å². The monoisotopic (exact) mass is 316 g/mol. The first-order valence-electron chi connectivity index (χ1n) is 6.43. The van der Waals surface area contributed by atoms with Gasteiger partial charge in [0.1, 0.15) is 5.52 Å². The van der Waals surface area contributed by atoms with Crippen LogP contribution in [0.2, 0.25) is 0 Å². The highest BCUT2D eigenvalue weighted by atomic mass is 32.2. The van der Waals surface area contributed by atoms with E-state index in [1.54, 1.807) is 24.3 Å². The molecule has 6 nitrogen and oxygen atoms in total. The number of nitrogens with zero attached hydrogens (tertiary/aromatic N) is 1. The number of carbonyl (C=O) groups is 1. The first-order valence-corrected chi connectivity index (χ1v) is 7.91. The topological polar surface area (TPSA) is 89.3 Å². The minimum atomic E-state index is -3.78. The maximum atomic E-state index is 12.4. The molecule has 2 aromatic carbocycles. The van der Waals surface area contributed by atoms with Crippen molar-refractivity contribution in [2.45, 2.75) is 11.8 Å². The SMILES string of the molecule is CC(=O)c1cccc(S(=O)(=O)Nc2ccc3ocnc3c2)c1. The zero-order chi connectivity index (χ0) is 15.7. The van der Waals surface area contributed by atoms with Gasteiger partial charge in [-0.2, -0.15) is 0 Å². The van der Waals surface area contributed by atoms with Crippen molar-refractivity contribution in [3.63, 3.8) is 0 Å². The van der Waals surface area contributed by atoms with Gasteiger partial charge in [0.25, 0.3) is 10.0 Å². The number of ketones is 1. The van der Waals surface area contributed by atoms with Gasteiger partial charge in [-0.25, -0.2) is 13.4 Å². The fourth-order valence-corrected chi connectivity index (χ4v) is 3.11. The number of nitrogens with one attached hydrogen (secondary N) is 1. The summed E-state index contributed by atoms with van der Waals surface area (Å²) in [4.78, 5) is 15.4. The minimum absolute atomic E-state index is 0.0282. The number of sulfonamides is 1. The summed E-state index contributed by atoms with van der Waals surface area (Å²) in [6.45, 7) is 1.39. The molecule has 1 N–H and O–H groups in total. The minimum Gasteiger partial charge on any atom is -0.443 e. The van der Waals surface area contributed by atoms with Crippen LogP contribution in [0.25, 0.3) is 11.1 Å². The number of Topliss-reactive ketones (excluding diaryl/α,β-unsaturated/α-hetero) is 1. The highest BCUT2D eigenvalue weighted by molar-refractivity contribution is 7.92. The Morgan fingerprint density at radius 2 is 2.00 bits per heavy atom. The summed E-state index contributed by atoms with van der Waals surface area (Å²) in [5.74, 6) is -0.193. The van der Waals surface area contributed by atoms with Crippen LogP contribution in [0.15, 0.2) is 58.2 Å². The highest BCUT2D eigenvalue weighted by Crippen LogP contribution is 2.21. The van der Waals surface area contributed by atoms with E-state index in [2.05, 4.69) is 9.71 Å². The summed E-state index contributed by atoms with van der Waals surface area (Å²) in [6, 6.07) is 10.7. The largest absolute Gasteiger partial charge is 0.443 e. The molecule has 22 heavy (non-hydrogen) atoms. The third-order valence-corrected chi connectivity index (χ3v) is 4.51. The van der Waals surface area contributed by atoms with Gasteiger partial charge >= 0.3 is 0 Å². The van der Waals surface area contributed by atoms with E-state index in [0.717, 1.165) is 0 Å². The summed E-state index contributed by atoms with van der Waals surface area (Å²) in [7, 11) is -3.78. The molecule has 0 bridgehead atoms. The first kappa shape index (κ1) is 14.3. The lowest BCUT2D eigenvalue weighted by atomic mass is 10.2. The molecule has 112 valence electrons. The molecule has 3 aromatic rings. The van der Waals surface area contributed by atoms with Crippen molar-refractivity contribution in [3.05, 3.63) is 54.4 Å². The predicted octanol–water partition coefficient (Wildman–Crippen LogP) is 2.83. The molecule has 0 spiro atoms. The number of rotatable bonds is 4. The normalized spacial score (nSPS) is 11.5. The Labute approximate surface area is 126 Å². The molecule has 0 aliphatic rings. The van der Waals surface area contributed by atoms with Gasteiger partial charge in [0, 0.05) is 5.56 Å². The molecule has 0 amide bonds. The van der Waals surface area contributed by atoms with Crippen molar-refractivity contribution in [2.75, 3.05) is 4.72 Å². The van der Waals surface area contributed by atoms with Crippen LogP contribution in [0, 0.1) is 0 Å². The van der Waals surface area contributed by atoms with Gasteiger partial charge in [-0.05, 0) is 37.3 Å². The molecular weight excluding hydrogens is 304 g/mol. The molecule has 3 rings (SSSR count). The van der Waals surface area contributed by atoms with Crippen molar-refractivity contribution >= 4 is 32.6 Å². The maximum Gasteiger partial charge on any atom is 0.261 e. The predicted molar refractivity (Wildman–Crippen MR) is 81.3 cm³/mol. The Hall–Kier alpha value is -2.67. The van der Waals surface area contributed by atoms with Gasteiger partial charge in [-0.3, -0.25) is 9.52 Å². The Morgan fingerprint density at radius 3 is 2.77 bits per heavy atom. The third-order valence-electron chi connectivity index (χ3n) is 3.13. The molecule has 0 aliphatic heterocycles. The number of aromatic nitrogens is 1. The third kappa shape index (κ3) is 2.71. The van der Waals surface area contributed by atoms with Crippen molar-refractivity contribution < 1.29 is 17.6 Å². The van der Waals surface area contributed by atoms with Crippen molar-refractivity contribution in [1.29, 1.82) is 0 Å². The molecule has 1 aromatic heterocycles. The van der Waals surface area contributed by atoms with Crippen molar-refractivity contribution in [1.82, 2.24) is 4.98 Å². The van der Waals surface area contributed by atoms with Crippen molar-refractivity contribution in [3.8, 4) is 0 Å². The van der Waals surface area contributed by atoms with E-state index in [0.29, 0.717) is 22.4 Å². The fraction of sp³-hybridized carbons (Fsp3) is 0.0667. The van der Waals surface area contributed by atoms with Gasteiger partial charge in [0.2, 0.25) is 0 Å². The van der Waals surface area contributed by atoms with Crippen LogP contribution in [0.1, 0.15) is 17.3 Å². The fourth-order valence-electron chi connectivity index (χ4n) is 2.02. The molecule has 0 unspecified atom stereocenters. The summed E-state index contributed by atoms with van der Waals surface area (Å²) >= 11 is 0. The number of fused-ring (bicyclic) bond motifs is 1. The number of anilines is 1. The van der Waals surface area contributed by atoms with Crippen LogP contribution in [0.4, 0.5) is 5.69 Å². The van der Waals surface area contributed by atoms with Gasteiger partial charge < -0.3 is 4.42 Å². The number of oxazole rings is 1. The highest BCUT2D eigenvalue weighted by Gasteiger charge is 2.16. The van der Waals surface area contributed by atoms with Crippen molar-refractivity contribution in [2.24, 2.45) is 0 Å². The Bertz CT molecular complexity index is 960.